The average molecular weight is 631 g/mol. The Balaban J connectivity index is 1.02. The van der Waals surface area contributed by atoms with E-state index in [4.69, 9.17) is 26.2 Å². The third kappa shape index (κ3) is 5.72. The first kappa shape index (κ1) is 27.9. The van der Waals surface area contributed by atoms with Crippen molar-refractivity contribution in [2.24, 2.45) is 0 Å². The number of aromatic nitrogens is 6. The number of thiazole rings is 1. The molecule has 224 valence electrons. The predicted octanol–water partition coefficient (Wildman–Crippen LogP) is 4.11. The Morgan fingerprint density at radius 1 is 1.14 bits per heavy atom. The van der Waals surface area contributed by atoms with E-state index in [-0.39, 0.29) is 40.8 Å². The highest BCUT2D eigenvalue weighted by molar-refractivity contribution is 7.20. The van der Waals surface area contributed by atoms with Gasteiger partial charge in [-0.1, -0.05) is 17.7 Å². The number of piperazine rings is 1. The number of ether oxygens (including phenoxy) is 2. The van der Waals surface area contributed by atoms with Gasteiger partial charge >= 0.3 is 0 Å². The molecular weight excluding hydrogens is 606 g/mol. The number of nitrogens with zero attached hydrogens (tertiary/aromatic N) is 8. The first-order valence-corrected chi connectivity index (χ1v) is 14.8. The molecule has 2 saturated heterocycles. The summed E-state index contributed by atoms with van der Waals surface area (Å²) in [5.41, 5.74) is 2.60. The number of hydrogen-bond donors (Lipinski definition) is 1. The van der Waals surface area contributed by atoms with Crippen molar-refractivity contribution in [1.29, 1.82) is 0 Å². The summed E-state index contributed by atoms with van der Waals surface area (Å²) in [5.74, 6) is -1.41. The van der Waals surface area contributed by atoms with Gasteiger partial charge < -0.3 is 19.5 Å². The third-order valence-electron chi connectivity index (χ3n) is 7.53. The minimum Gasteiger partial charge on any atom is -0.489 e. The van der Waals surface area contributed by atoms with Crippen LogP contribution in [0.3, 0.4) is 0 Å². The highest BCUT2D eigenvalue weighted by Crippen LogP contribution is 2.36. The largest absolute Gasteiger partial charge is 0.489 e. The van der Waals surface area contributed by atoms with Crippen LogP contribution in [-0.4, -0.2) is 78.8 Å². The zero-order chi connectivity index (χ0) is 29.5. The molecule has 4 aromatic heterocycles. The molecular formula is C27H25ClF2N8O4S. The summed E-state index contributed by atoms with van der Waals surface area (Å²) in [6, 6.07) is 4.21. The third-order valence-corrected chi connectivity index (χ3v) is 8.91. The molecule has 2 aliphatic rings. The summed E-state index contributed by atoms with van der Waals surface area (Å²) < 4.78 is 46.2. The van der Waals surface area contributed by atoms with E-state index in [1.807, 2.05) is 15.6 Å². The smallest absolute Gasteiger partial charge is 0.282 e. The summed E-state index contributed by atoms with van der Waals surface area (Å²) in [6.45, 7) is 3.85. The van der Waals surface area contributed by atoms with Crippen LogP contribution in [0.4, 0.5) is 14.7 Å². The molecule has 1 aromatic carbocycles. The van der Waals surface area contributed by atoms with E-state index in [1.54, 1.807) is 6.07 Å². The van der Waals surface area contributed by atoms with Crippen molar-refractivity contribution in [2.45, 2.75) is 32.1 Å². The quantitative estimate of drug-likeness (QED) is 0.253. The lowest BCUT2D eigenvalue weighted by Crippen LogP contribution is -2.46. The van der Waals surface area contributed by atoms with Gasteiger partial charge in [0.15, 0.2) is 5.69 Å². The lowest BCUT2D eigenvalue weighted by molar-refractivity contribution is -0.0491. The van der Waals surface area contributed by atoms with E-state index >= 15 is 0 Å². The predicted molar refractivity (Wildman–Crippen MR) is 151 cm³/mol. The minimum atomic E-state index is -0.724. The zero-order valence-electron chi connectivity index (χ0n) is 22.6. The second kappa shape index (κ2) is 11.6. The van der Waals surface area contributed by atoms with Gasteiger partial charge in [0.05, 0.1) is 22.9 Å². The second-order valence-electron chi connectivity index (χ2n) is 10.3. The highest BCUT2D eigenvalue weighted by atomic mass is 35.5. The van der Waals surface area contributed by atoms with Crippen molar-refractivity contribution < 1.29 is 28.0 Å². The fourth-order valence-electron chi connectivity index (χ4n) is 5.09. The number of benzene rings is 1. The zero-order valence-corrected chi connectivity index (χ0v) is 24.2. The van der Waals surface area contributed by atoms with Crippen molar-refractivity contribution in [3.63, 3.8) is 0 Å². The highest BCUT2D eigenvalue weighted by Gasteiger charge is 2.28. The van der Waals surface area contributed by atoms with Gasteiger partial charge in [-0.2, -0.15) is 14.5 Å². The average Bonchev–Trinajstić information content (AvgIpc) is 3.66. The minimum absolute atomic E-state index is 0.152. The Bertz CT molecular complexity index is 1770. The second-order valence-corrected chi connectivity index (χ2v) is 11.8. The molecule has 0 amide bonds. The number of hydrogen-bond acceptors (Lipinski definition) is 12. The summed E-state index contributed by atoms with van der Waals surface area (Å²) in [7, 11) is 0. The number of anilines is 1. The van der Waals surface area contributed by atoms with Gasteiger partial charge in [0, 0.05) is 68.1 Å². The molecule has 2 fully saturated rings. The van der Waals surface area contributed by atoms with Crippen LogP contribution in [0.15, 0.2) is 35.2 Å². The maximum Gasteiger partial charge on any atom is 0.282 e. The number of fused-ring (bicyclic) bond motifs is 1. The number of halogens is 3. The topological polar surface area (TPSA) is 127 Å². The molecule has 0 bridgehead atoms. The molecule has 0 saturated carbocycles. The Morgan fingerprint density at radius 2 is 1.98 bits per heavy atom. The lowest BCUT2D eigenvalue weighted by atomic mass is 10.0. The van der Waals surface area contributed by atoms with E-state index in [0.29, 0.717) is 43.5 Å². The van der Waals surface area contributed by atoms with Gasteiger partial charge in [-0.15, -0.1) is 11.3 Å². The van der Waals surface area contributed by atoms with Crippen molar-refractivity contribution >= 4 is 33.7 Å². The normalized spacial score (nSPS) is 17.5. The first-order valence-electron chi connectivity index (χ1n) is 13.6. The molecule has 0 spiro atoms. The molecule has 2 aliphatic heterocycles. The molecule has 1 unspecified atom stereocenters. The summed E-state index contributed by atoms with van der Waals surface area (Å²) in [5, 5.41) is 22.4. The maximum atomic E-state index is 14.4. The van der Waals surface area contributed by atoms with Crippen LogP contribution in [0.25, 0.3) is 15.4 Å². The maximum absolute atomic E-state index is 14.4. The SMILES string of the molecule is Oc1nonc1-c1cn2nc(CN3CCN(c4ncc(F)c(OCc5ccc(Cl)cc5F)n4)CC3)c(CC3CCO3)c2s1. The molecule has 43 heavy (non-hydrogen) atoms. The summed E-state index contributed by atoms with van der Waals surface area (Å²) in [4.78, 5) is 14.4. The molecule has 16 heteroatoms. The molecule has 1 atom stereocenters. The number of aromatic hydroxyl groups is 1. The lowest BCUT2D eigenvalue weighted by Gasteiger charge is -2.34. The van der Waals surface area contributed by atoms with E-state index in [9.17, 15) is 13.9 Å². The summed E-state index contributed by atoms with van der Waals surface area (Å²) in [6.07, 6.45) is 4.78. The van der Waals surface area contributed by atoms with Gasteiger partial charge in [0.25, 0.3) is 11.8 Å². The van der Waals surface area contributed by atoms with Crippen molar-refractivity contribution in [3.05, 3.63) is 64.1 Å². The van der Waals surface area contributed by atoms with Gasteiger partial charge in [-0.3, -0.25) is 4.90 Å². The Labute approximate surface area is 252 Å². The van der Waals surface area contributed by atoms with Crippen molar-refractivity contribution in [3.8, 4) is 22.3 Å². The van der Waals surface area contributed by atoms with Gasteiger partial charge in [0.1, 0.15) is 17.3 Å². The van der Waals surface area contributed by atoms with Gasteiger partial charge in [-0.25, -0.2) is 18.5 Å². The van der Waals surface area contributed by atoms with Crippen molar-refractivity contribution in [2.75, 3.05) is 37.7 Å². The van der Waals surface area contributed by atoms with Gasteiger partial charge in [0.2, 0.25) is 11.8 Å². The van der Waals surface area contributed by atoms with Crippen LogP contribution in [0.1, 0.15) is 23.2 Å². The Morgan fingerprint density at radius 3 is 2.70 bits per heavy atom. The fraction of sp³-hybridized carbons (Fsp3) is 0.370. The Hall–Kier alpha value is -3.92. The molecule has 7 rings (SSSR count). The van der Waals surface area contributed by atoms with Crippen LogP contribution in [0.2, 0.25) is 5.02 Å². The molecule has 0 aliphatic carbocycles. The van der Waals surface area contributed by atoms with E-state index in [1.165, 1.54) is 23.5 Å². The van der Waals surface area contributed by atoms with Crippen molar-refractivity contribution in [1.82, 2.24) is 34.8 Å². The molecule has 12 nitrogen and oxygen atoms in total. The van der Waals surface area contributed by atoms with Crippen LogP contribution in [0.5, 0.6) is 11.8 Å². The van der Waals surface area contributed by atoms with Crippen LogP contribution < -0.4 is 9.64 Å². The molecule has 0 radical (unpaired) electrons. The first-order chi connectivity index (χ1) is 20.9. The molecule has 6 heterocycles. The monoisotopic (exact) mass is 630 g/mol. The Kier molecular flexibility index (Phi) is 7.55. The summed E-state index contributed by atoms with van der Waals surface area (Å²) >= 11 is 7.27. The fourth-order valence-corrected chi connectivity index (χ4v) is 6.34. The van der Waals surface area contributed by atoms with Gasteiger partial charge in [-0.05, 0) is 28.9 Å². The van der Waals surface area contributed by atoms with Crippen LogP contribution in [0, 0.1) is 11.6 Å². The molecule has 5 aromatic rings. The van der Waals surface area contributed by atoms with Crippen LogP contribution >= 0.6 is 22.9 Å². The van der Waals surface area contributed by atoms with E-state index < -0.39 is 11.6 Å². The van der Waals surface area contributed by atoms with Crippen LogP contribution in [-0.2, 0) is 24.3 Å². The standard InChI is InChI=1S/C27H25ClF2N8O4S/c28-16-2-1-15(19(29)9-16)14-41-25-20(30)11-31-27(32-25)37-6-4-36(5-7-37)12-21-18(10-17-3-8-40-17)26-38(33-21)13-22(43-26)23-24(39)35-42-34-23/h1-2,9,11,13,17H,3-8,10,12,14H2,(H,35,39). The van der Waals surface area contributed by atoms with E-state index in [2.05, 4.69) is 29.8 Å². The molecule has 1 N–H and O–H groups in total. The number of rotatable bonds is 9. The van der Waals surface area contributed by atoms with E-state index in [0.717, 1.165) is 41.7 Å².